The summed E-state index contributed by atoms with van der Waals surface area (Å²) in [6.07, 6.45) is 0. The van der Waals surface area contributed by atoms with Gasteiger partial charge in [0.15, 0.2) is 0 Å². The number of nitro benzene ring substituents is 1. The van der Waals surface area contributed by atoms with Crippen LogP contribution in [0.3, 0.4) is 0 Å². The average molecular weight is 407 g/mol. The molecule has 29 heavy (non-hydrogen) atoms. The molecule has 0 spiro atoms. The number of amides is 1. The van der Waals surface area contributed by atoms with Crippen LogP contribution in [0.2, 0.25) is 0 Å². The predicted molar refractivity (Wildman–Crippen MR) is 116 cm³/mol. The number of benzene rings is 2. The molecule has 1 saturated heterocycles. The van der Waals surface area contributed by atoms with E-state index in [1.807, 2.05) is 23.3 Å². The van der Waals surface area contributed by atoms with E-state index < -0.39 is 4.92 Å². The molecule has 0 bridgehead atoms. The lowest BCUT2D eigenvalue weighted by Gasteiger charge is -2.36. The van der Waals surface area contributed by atoms with Crippen molar-refractivity contribution in [1.29, 1.82) is 0 Å². The second-order valence-electron chi connectivity index (χ2n) is 7.08. The van der Waals surface area contributed by atoms with Crippen LogP contribution < -0.4 is 4.90 Å². The number of rotatable bonds is 4. The number of hydrogen-bond donors (Lipinski definition) is 0. The fraction of sp³-hybridized carbons (Fsp3) is 0.227. The van der Waals surface area contributed by atoms with Crippen molar-refractivity contribution < 1.29 is 9.72 Å². The minimum Gasteiger partial charge on any atom is -0.368 e. The minimum absolute atomic E-state index is 0.0684. The molecule has 0 atom stereocenters. The molecule has 4 rings (SSSR count). The van der Waals surface area contributed by atoms with Gasteiger partial charge in [0.1, 0.15) is 0 Å². The molecule has 1 aromatic heterocycles. The van der Waals surface area contributed by atoms with E-state index in [0.29, 0.717) is 26.2 Å². The zero-order chi connectivity index (χ0) is 20.4. The molecule has 7 heteroatoms. The topological polar surface area (TPSA) is 66.7 Å². The lowest BCUT2D eigenvalue weighted by molar-refractivity contribution is -0.384. The summed E-state index contributed by atoms with van der Waals surface area (Å²) >= 11 is 1.48. The van der Waals surface area contributed by atoms with Gasteiger partial charge < -0.3 is 9.80 Å². The third-order valence-corrected chi connectivity index (χ3v) is 6.12. The van der Waals surface area contributed by atoms with Crippen LogP contribution in [0.4, 0.5) is 11.4 Å². The predicted octanol–water partition coefficient (Wildman–Crippen LogP) is 4.59. The van der Waals surface area contributed by atoms with E-state index in [9.17, 15) is 14.9 Å². The van der Waals surface area contributed by atoms with Crippen LogP contribution in [0.5, 0.6) is 0 Å². The van der Waals surface area contributed by atoms with Crippen molar-refractivity contribution in [1.82, 2.24) is 4.90 Å². The van der Waals surface area contributed by atoms with Crippen molar-refractivity contribution in [2.45, 2.75) is 6.92 Å². The molecule has 0 saturated carbocycles. The number of nitro groups is 1. The van der Waals surface area contributed by atoms with E-state index in [0.717, 1.165) is 21.7 Å². The maximum Gasteiger partial charge on any atom is 0.269 e. The van der Waals surface area contributed by atoms with Crippen LogP contribution in [-0.2, 0) is 0 Å². The van der Waals surface area contributed by atoms with Gasteiger partial charge in [0, 0.05) is 49.6 Å². The first-order chi connectivity index (χ1) is 14.0. The standard InChI is InChI=1S/C22H21N3O3S/c1-16-2-4-17(5-3-16)20-10-15-29-21(20)22(26)24-13-11-23(12-14-24)18-6-8-19(9-7-18)25(27)28/h2-10,15H,11-14H2,1H3. The van der Waals surface area contributed by atoms with Gasteiger partial charge in [-0.3, -0.25) is 14.9 Å². The quantitative estimate of drug-likeness (QED) is 0.468. The fourth-order valence-electron chi connectivity index (χ4n) is 3.53. The number of carbonyl (C=O) groups is 1. The highest BCUT2D eigenvalue weighted by atomic mass is 32.1. The summed E-state index contributed by atoms with van der Waals surface area (Å²) in [6.45, 7) is 4.71. The van der Waals surface area contributed by atoms with E-state index in [4.69, 9.17) is 0 Å². The van der Waals surface area contributed by atoms with Crippen molar-refractivity contribution in [3.8, 4) is 11.1 Å². The van der Waals surface area contributed by atoms with E-state index in [1.54, 1.807) is 12.1 Å². The zero-order valence-corrected chi connectivity index (χ0v) is 16.9. The third-order valence-electron chi connectivity index (χ3n) is 5.21. The lowest BCUT2D eigenvalue weighted by atomic mass is 10.0. The van der Waals surface area contributed by atoms with Gasteiger partial charge in [0.25, 0.3) is 11.6 Å². The molecule has 0 unspecified atom stereocenters. The molecule has 148 valence electrons. The molecule has 1 fully saturated rings. The molecule has 2 heterocycles. The highest BCUT2D eigenvalue weighted by molar-refractivity contribution is 7.12. The monoisotopic (exact) mass is 407 g/mol. The molecule has 1 aliphatic heterocycles. The van der Waals surface area contributed by atoms with Gasteiger partial charge in [-0.1, -0.05) is 29.8 Å². The van der Waals surface area contributed by atoms with Crippen LogP contribution in [0.15, 0.2) is 60.0 Å². The number of thiophene rings is 1. The molecule has 6 nitrogen and oxygen atoms in total. The van der Waals surface area contributed by atoms with Gasteiger partial charge in [0.05, 0.1) is 9.80 Å². The van der Waals surface area contributed by atoms with Crippen molar-refractivity contribution in [3.63, 3.8) is 0 Å². The van der Waals surface area contributed by atoms with E-state index >= 15 is 0 Å². The first kappa shape index (κ1) is 19.1. The van der Waals surface area contributed by atoms with Crippen LogP contribution >= 0.6 is 11.3 Å². The Bertz CT molecular complexity index is 1020. The smallest absolute Gasteiger partial charge is 0.269 e. The third kappa shape index (κ3) is 4.00. The Morgan fingerprint density at radius 1 is 0.966 bits per heavy atom. The van der Waals surface area contributed by atoms with Crippen molar-refractivity contribution >= 4 is 28.6 Å². The normalized spacial score (nSPS) is 14.1. The number of hydrogen-bond acceptors (Lipinski definition) is 5. The summed E-state index contributed by atoms with van der Waals surface area (Å²) in [5.74, 6) is 0.0684. The number of non-ortho nitro benzene ring substituents is 1. The molecule has 2 aromatic carbocycles. The molecule has 3 aromatic rings. The summed E-state index contributed by atoms with van der Waals surface area (Å²) in [4.78, 5) is 28.4. The molecule has 1 amide bonds. The van der Waals surface area contributed by atoms with Gasteiger partial charge in [-0.25, -0.2) is 0 Å². The van der Waals surface area contributed by atoms with Gasteiger partial charge >= 0.3 is 0 Å². The highest BCUT2D eigenvalue weighted by Crippen LogP contribution is 2.30. The first-order valence-corrected chi connectivity index (χ1v) is 10.3. The van der Waals surface area contributed by atoms with Crippen LogP contribution in [0.1, 0.15) is 15.2 Å². The Labute approximate surface area is 173 Å². The molecular formula is C22H21N3O3S. The van der Waals surface area contributed by atoms with Gasteiger partial charge in [-0.15, -0.1) is 11.3 Å². The van der Waals surface area contributed by atoms with Crippen LogP contribution in [-0.4, -0.2) is 41.9 Å². The van der Waals surface area contributed by atoms with Gasteiger partial charge in [-0.2, -0.15) is 0 Å². The number of aryl methyl sites for hydroxylation is 1. The summed E-state index contributed by atoms with van der Waals surface area (Å²) in [6, 6.07) is 16.8. The minimum atomic E-state index is -0.396. The van der Waals surface area contributed by atoms with Crippen LogP contribution in [0.25, 0.3) is 11.1 Å². The number of carbonyl (C=O) groups excluding carboxylic acids is 1. The Kier molecular flexibility index (Phi) is 5.31. The SMILES string of the molecule is Cc1ccc(-c2ccsc2C(=O)N2CCN(c3ccc([N+](=O)[O-])cc3)CC2)cc1. The maximum atomic E-state index is 13.1. The number of anilines is 1. The Hall–Kier alpha value is -3.19. The fourth-order valence-corrected chi connectivity index (χ4v) is 4.41. The molecule has 0 aliphatic carbocycles. The molecular weight excluding hydrogens is 386 g/mol. The number of piperazine rings is 1. The summed E-state index contributed by atoms with van der Waals surface area (Å²) in [5, 5.41) is 12.8. The van der Waals surface area contributed by atoms with Crippen molar-refractivity contribution in [2.24, 2.45) is 0 Å². The maximum absolute atomic E-state index is 13.1. The van der Waals surface area contributed by atoms with Crippen molar-refractivity contribution in [2.75, 3.05) is 31.1 Å². The average Bonchev–Trinajstić information content (AvgIpc) is 3.24. The second kappa shape index (κ2) is 8.05. The van der Waals surface area contributed by atoms with Gasteiger partial charge in [-0.05, 0) is 36.1 Å². The first-order valence-electron chi connectivity index (χ1n) is 9.46. The largest absolute Gasteiger partial charge is 0.368 e. The Balaban J connectivity index is 1.44. The zero-order valence-electron chi connectivity index (χ0n) is 16.1. The Morgan fingerprint density at radius 2 is 1.62 bits per heavy atom. The van der Waals surface area contributed by atoms with Crippen LogP contribution in [0, 0.1) is 17.0 Å². The molecule has 0 radical (unpaired) electrons. The molecule has 0 N–H and O–H groups in total. The van der Waals surface area contributed by atoms with Crippen molar-refractivity contribution in [3.05, 3.63) is 80.5 Å². The highest BCUT2D eigenvalue weighted by Gasteiger charge is 2.25. The Morgan fingerprint density at radius 3 is 2.24 bits per heavy atom. The van der Waals surface area contributed by atoms with Gasteiger partial charge in [0.2, 0.25) is 0 Å². The van der Waals surface area contributed by atoms with E-state index in [1.165, 1.54) is 29.0 Å². The van der Waals surface area contributed by atoms with E-state index in [2.05, 4.69) is 29.2 Å². The summed E-state index contributed by atoms with van der Waals surface area (Å²) < 4.78 is 0. The lowest BCUT2D eigenvalue weighted by Crippen LogP contribution is -2.48. The molecule has 1 aliphatic rings. The van der Waals surface area contributed by atoms with E-state index in [-0.39, 0.29) is 11.6 Å². The second-order valence-corrected chi connectivity index (χ2v) is 8.00. The summed E-state index contributed by atoms with van der Waals surface area (Å²) in [5.41, 5.74) is 4.27. The number of nitrogens with zero attached hydrogens (tertiary/aromatic N) is 3. The summed E-state index contributed by atoms with van der Waals surface area (Å²) in [7, 11) is 0.